The standard InChI is InChI=1S/C17H18FN3/c1-11-7-8-13(18)9-12(11)10-15(19)17-14-5-3-4-6-16(14)21(2)20-17/h3-9,15H,10,19H2,1-2H3. The molecule has 0 amide bonds. The summed E-state index contributed by atoms with van der Waals surface area (Å²) in [5.41, 5.74) is 10.2. The highest BCUT2D eigenvalue weighted by Gasteiger charge is 2.16. The van der Waals surface area contributed by atoms with Crippen LogP contribution in [-0.4, -0.2) is 9.78 Å². The minimum absolute atomic E-state index is 0.228. The number of hydrogen-bond donors (Lipinski definition) is 1. The highest BCUT2D eigenvalue weighted by Crippen LogP contribution is 2.25. The smallest absolute Gasteiger partial charge is 0.123 e. The fourth-order valence-electron chi connectivity index (χ4n) is 2.71. The van der Waals surface area contributed by atoms with Crippen molar-refractivity contribution >= 4 is 10.9 Å². The predicted molar refractivity (Wildman–Crippen MR) is 82.5 cm³/mol. The summed E-state index contributed by atoms with van der Waals surface area (Å²) in [5, 5.41) is 5.59. The van der Waals surface area contributed by atoms with E-state index in [2.05, 4.69) is 5.10 Å². The lowest BCUT2D eigenvalue weighted by Gasteiger charge is -2.12. The molecular weight excluding hydrogens is 265 g/mol. The predicted octanol–water partition coefficient (Wildman–Crippen LogP) is 3.26. The summed E-state index contributed by atoms with van der Waals surface area (Å²) in [7, 11) is 1.91. The van der Waals surface area contributed by atoms with E-state index in [0.29, 0.717) is 6.42 Å². The van der Waals surface area contributed by atoms with Gasteiger partial charge in [0, 0.05) is 12.4 Å². The molecule has 2 aromatic carbocycles. The average molecular weight is 283 g/mol. The van der Waals surface area contributed by atoms with Gasteiger partial charge >= 0.3 is 0 Å². The fourth-order valence-corrected chi connectivity index (χ4v) is 2.71. The Hall–Kier alpha value is -2.20. The Morgan fingerprint density at radius 1 is 1.24 bits per heavy atom. The lowest BCUT2D eigenvalue weighted by Crippen LogP contribution is -2.15. The van der Waals surface area contributed by atoms with Crippen molar-refractivity contribution in [2.75, 3.05) is 0 Å². The van der Waals surface area contributed by atoms with Crippen LogP contribution >= 0.6 is 0 Å². The van der Waals surface area contributed by atoms with Crippen molar-refractivity contribution in [3.8, 4) is 0 Å². The molecule has 0 aliphatic rings. The van der Waals surface area contributed by atoms with E-state index in [1.807, 2.05) is 42.9 Å². The Morgan fingerprint density at radius 3 is 2.81 bits per heavy atom. The number of hydrogen-bond acceptors (Lipinski definition) is 2. The SMILES string of the molecule is Cc1ccc(F)cc1CC(N)c1nn(C)c2ccccc12. The molecule has 0 bridgehead atoms. The maximum atomic E-state index is 13.4. The third-order valence-corrected chi connectivity index (χ3v) is 3.89. The topological polar surface area (TPSA) is 43.8 Å². The Labute approximate surface area is 123 Å². The van der Waals surface area contributed by atoms with Crippen LogP contribution in [0.15, 0.2) is 42.5 Å². The van der Waals surface area contributed by atoms with E-state index in [4.69, 9.17) is 5.73 Å². The van der Waals surface area contributed by atoms with Gasteiger partial charge in [0.2, 0.25) is 0 Å². The van der Waals surface area contributed by atoms with E-state index in [0.717, 1.165) is 27.7 Å². The zero-order valence-electron chi connectivity index (χ0n) is 12.2. The zero-order chi connectivity index (χ0) is 15.0. The molecule has 0 fully saturated rings. The van der Waals surface area contributed by atoms with Gasteiger partial charge in [-0.2, -0.15) is 5.10 Å². The third kappa shape index (κ3) is 2.54. The van der Waals surface area contributed by atoms with E-state index in [9.17, 15) is 4.39 Å². The van der Waals surface area contributed by atoms with Crippen LogP contribution in [0.3, 0.4) is 0 Å². The van der Waals surface area contributed by atoms with Gasteiger partial charge in [0.15, 0.2) is 0 Å². The molecule has 3 rings (SSSR count). The summed E-state index contributed by atoms with van der Waals surface area (Å²) in [4.78, 5) is 0. The van der Waals surface area contributed by atoms with Crippen LogP contribution in [0.5, 0.6) is 0 Å². The van der Waals surface area contributed by atoms with E-state index in [1.165, 1.54) is 6.07 Å². The molecule has 3 aromatic rings. The molecule has 2 N–H and O–H groups in total. The van der Waals surface area contributed by atoms with Gasteiger partial charge in [-0.15, -0.1) is 0 Å². The van der Waals surface area contributed by atoms with Crippen LogP contribution in [-0.2, 0) is 13.5 Å². The van der Waals surface area contributed by atoms with Crippen molar-refractivity contribution in [1.29, 1.82) is 0 Å². The number of nitrogens with two attached hydrogens (primary N) is 1. The first kappa shape index (κ1) is 13.8. The second-order valence-electron chi connectivity index (χ2n) is 5.41. The Bertz CT molecular complexity index is 792. The first-order valence-electron chi connectivity index (χ1n) is 6.98. The number of fused-ring (bicyclic) bond motifs is 1. The van der Waals surface area contributed by atoms with Gasteiger partial charge in [-0.05, 0) is 42.7 Å². The zero-order valence-corrected chi connectivity index (χ0v) is 12.2. The number of aromatic nitrogens is 2. The molecule has 108 valence electrons. The van der Waals surface area contributed by atoms with E-state index < -0.39 is 0 Å². The lowest BCUT2D eigenvalue weighted by atomic mass is 9.98. The van der Waals surface area contributed by atoms with Crippen LogP contribution in [0.4, 0.5) is 4.39 Å². The average Bonchev–Trinajstić information content (AvgIpc) is 2.81. The van der Waals surface area contributed by atoms with Crippen LogP contribution in [0, 0.1) is 12.7 Å². The minimum Gasteiger partial charge on any atom is -0.322 e. The van der Waals surface area contributed by atoms with E-state index >= 15 is 0 Å². The molecule has 0 radical (unpaired) electrons. The molecule has 0 saturated carbocycles. The van der Waals surface area contributed by atoms with Crippen molar-refractivity contribution in [2.45, 2.75) is 19.4 Å². The van der Waals surface area contributed by atoms with Crippen molar-refractivity contribution < 1.29 is 4.39 Å². The second kappa shape index (κ2) is 5.30. The number of halogens is 1. The summed E-state index contributed by atoms with van der Waals surface area (Å²) in [6.45, 7) is 1.97. The number of rotatable bonds is 3. The van der Waals surface area contributed by atoms with E-state index in [1.54, 1.807) is 12.1 Å². The van der Waals surface area contributed by atoms with E-state index in [-0.39, 0.29) is 11.9 Å². The molecule has 3 nitrogen and oxygen atoms in total. The van der Waals surface area contributed by atoms with Crippen molar-refractivity contribution in [2.24, 2.45) is 12.8 Å². The Morgan fingerprint density at radius 2 is 2.00 bits per heavy atom. The normalized spacial score (nSPS) is 12.8. The highest BCUT2D eigenvalue weighted by molar-refractivity contribution is 5.82. The Kier molecular flexibility index (Phi) is 3.47. The molecule has 1 unspecified atom stereocenters. The molecule has 21 heavy (non-hydrogen) atoms. The van der Waals surface area contributed by atoms with Gasteiger partial charge in [-0.3, -0.25) is 4.68 Å². The largest absolute Gasteiger partial charge is 0.322 e. The van der Waals surface area contributed by atoms with Gasteiger partial charge in [0.25, 0.3) is 0 Å². The molecule has 0 aliphatic heterocycles. The maximum absolute atomic E-state index is 13.4. The van der Waals surface area contributed by atoms with Gasteiger partial charge in [0.1, 0.15) is 5.82 Å². The summed E-state index contributed by atoms with van der Waals surface area (Å²) >= 11 is 0. The maximum Gasteiger partial charge on any atom is 0.123 e. The summed E-state index contributed by atoms with van der Waals surface area (Å²) in [6.07, 6.45) is 0.574. The fraction of sp³-hybridized carbons (Fsp3) is 0.235. The number of nitrogens with zero attached hydrogens (tertiary/aromatic N) is 2. The van der Waals surface area contributed by atoms with Crippen LogP contribution in [0.1, 0.15) is 22.9 Å². The van der Waals surface area contributed by atoms with Crippen molar-refractivity contribution in [3.05, 3.63) is 65.1 Å². The Balaban J connectivity index is 1.97. The first-order chi connectivity index (χ1) is 10.1. The molecule has 1 atom stereocenters. The van der Waals surface area contributed by atoms with Crippen LogP contribution < -0.4 is 5.73 Å². The third-order valence-electron chi connectivity index (χ3n) is 3.89. The summed E-state index contributed by atoms with van der Waals surface area (Å²) < 4.78 is 15.2. The molecule has 0 spiro atoms. The molecular formula is C17H18FN3. The first-order valence-corrected chi connectivity index (χ1v) is 6.98. The summed E-state index contributed by atoms with van der Waals surface area (Å²) in [5.74, 6) is -0.228. The van der Waals surface area contributed by atoms with Crippen molar-refractivity contribution in [1.82, 2.24) is 9.78 Å². The quantitative estimate of drug-likeness (QED) is 0.801. The molecule has 0 saturated heterocycles. The van der Waals surface area contributed by atoms with Crippen molar-refractivity contribution in [3.63, 3.8) is 0 Å². The minimum atomic E-state index is -0.253. The number of para-hydroxylation sites is 1. The molecule has 0 aliphatic carbocycles. The lowest BCUT2D eigenvalue weighted by molar-refractivity contribution is 0.618. The van der Waals surface area contributed by atoms with Gasteiger partial charge < -0.3 is 5.73 Å². The van der Waals surface area contributed by atoms with Crippen LogP contribution in [0.2, 0.25) is 0 Å². The monoisotopic (exact) mass is 283 g/mol. The van der Waals surface area contributed by atoms with Gasteiger partial charge in [-0.1, -0.05) is 24.3 Å². The van der Waals surface area contributed by atoms with Crippen LogP contribution in [0.25, 0.3) is 10.9 Å². The molecule has 1 heterocycles. The summed E-state index contributed by atoms with van der Waals surface area (Å²) in [6, 6.07) is 12.6. The second-order valence-corrected chi connectivity index (χ2v) is 5.41. The number of benzene rings is 2. The van der Waals surface area contributed by atoms with Gasteiger partial charge in [-0.25, -0.2) is 4.39 Å². The highest BCUT2D eigenvalue weighted by atomic mass is 19.1. The molecule has 4 heteroatoms. The molecule has 1 aromatic heterocycles. The number of aryl methyl sites for hydroxylation is 2. The van der Waals surface area contributed by atoms with Gasteiger partial charge in [0.05, 0.1) is 17.3 Å².